The predicted molar refractivity (Wildman–Crippen MR) is 127 cm³/mol. The molecule has 4 rings (SSSR count). The van der Waals surface area contributed by atoms with Crippen LogP contribution in [0.3, 0.4) is 0 Å². The molecule has 0 aliphatic carbocycles. The summed E-state index contributed by atoms with van der Waals surface area (Å²) >= 11 is 0. The van der Waals surface area contributed by atoms with E-state index < -0.39 is 0 Å². The van der Waals surface area contributed by atoms with Gasteiger partial charge in [0, 0.05) is 24.8 Å². The van der Waals surface area contributed by atoms with Crippen LogP contribution in [0.15, 0.2) is 66.9 Å². The van der Waals surface area contributed by atoms with Gasteiger partial charge in [-0.2, -0.15) is 0 Å². The lowest BCUT2D eigenvalue weighted by atomic mass is 10.0. The van der Waals surface area contributed by atoms with Crippen molar-refractivity contribution in [2.75, 3.05) is 13.2 Å². The van der Waals surface area contributed by atoms with Crippen LogP contribution < -0.4 is 0 Å². The third-order valence-electron chi connectivity index (χ3n) is 5.98. The minimum absolute atomic E-state index is 0.0312. The molecule has 2 heterocycles. The molecule has 0 atom stereocenters. The minimum atomic E-state index is -0.0746. The van der Waals surface area contributed by atoms with Crippen LogP contribution in [0.5, 0.6) is 0 Å². The van der Waals surface area contributed by atoms with Gasteiger partial charge in [0.2, 0.25) is 5.91 Å². The summed E-state index contributed by atoms with van der Waals surface area (Å²) in [6.07, 6.45) is 2.18. The van der Waals surface area contributed by atoms with Gasteiger partial charge in [0.25, 0.3) is 0 Å². The molecule has 4 aromatic rings. The van der Waals surface area contributed by atoms with E-state index in [-0.39, 0.29) is 18.9 Å². The van der Waals surface area contributed by atoms with E-state index in [2.05, 4.69) is 32.0 Å². The number of amides is 1. The molecule has 0 saturated heterocycles. The Labute approximate surface area is 189 Å². The van der Waals surface area contributed by atoms with Gasteiger partial charge in [-0.15, -0.1) is 0 Å². The minimum Gasteiger partial charge on any atom is -0.395 e. The maximum Gasteiger partial charge on any atom is 0.228 e. The number of aromatic nitrogens is 2. The summed E-state index contributed by atoms with van der Waals surface area (Å²) in [5, 5.41) is 9.58. The highest BCUT2D eigenvalue weighted by Crippen LogP contribution is 2.28. The number of imidazole rings is 1. The molecule has 32 heavy (non-hydrogen) atoms. The molecule has 0 bridgehead atoms. The monoisotopic (exact) mass is 427 g/mol. The number of nitrogens with zero attached hydrogens (tertiary/aromatic N) is 3. The zero-order valence-corrected chi connectivity index (χ0v) is 18.9. The molecule has 5 heteroatoms. The second-order valence-electron chi connectivity index (χ2n) is 8.29. The zero-order valence-electron chi connectivity index (χ0n) is 18.9. The first kappa shape index (κ1) is 21.8. The quantitative estimate of drug-likeness (QED) is 0.473. The Hall–Kier alpha value is -3.44. The summed E-state index contributed by atoms with van der Waals surface area (Å²) in [4.78, 5) is 20.1. The number of aliphatic hydroxyl groups is 1. The van der Waals surface area contributed by atoms with E-state index in [1.807, 2.05) is 60.0 Å². The van der Waals surface area contributed by atoms with Gasteiger partial charge in [0.15, 0.2) is 0 Å². The SMILES string of the molecule is Cc1ccc(-c2nc3c(C)cccn3c2CC(=O)N(CCO)Cc2ccccc2)cc1C. The van der Waals surface area contributed by atoms with E-state index in [9.17, 15) is 9.90 Å². The second kappa shape index (κ2) is 9.37. The molecule has 1 amide bonds. The molecule has 0 spiro atoms. The summed E-state index contributed by atoms with van der Waals surface area (Å²) in [6, 6.07) is 20.2. The summed E-state index contributed by atoms with van der Waals surface area (Å²) in [5.74, 6) is -0.0312. The van der Waals surface area contributed by atoms with Crippen LogP contribution in [0.4, 0.5) is 0 Å². The molecule has 164 valence electrons. The summed E-state index contributed by atoms with van der Waals surface area (Å²) in [6.45, 7) is 6.90. The number of fused-ring (bicyclic) bond motifs is 1. The first-order valence-corrected chi connectivity index (χ1v) is 10.9. The van der Waals surface area contributed by atoms with E-state index in [0.29, 0.717) is 13.1 Å². The molecular formula is C27H29N3O2. The molecule has 0 aliphatic heterocycles. The van der Waals surface area contributed by atoms with Crippen LogP contribution in [0.25, 0.3) is 16.9 Å². The lowest BCUT2D eigenvalue weighted by Gasteiger charge is -2.22. The molecule has 0 saturated carbocycles. The van der Waals surface area contributed by atoms with E-state index in [1.165, 1.54) is 11.1 Å². The number of carbonyl (C=O) groups excluding carboxylic acids is 1. The topological polar surface area (TPSA) is 57.8 Å². The van der Waals surface area contributed by atoms with Crippen LogP contribution in [-0.4, -0.2) is 38.4 Å². The number of aryl methyl sites for hydroxylation is 3. The van der Waals surface area contributed by atoms with E-state index in [0.717, 1.165) is 33.7 Å². The fourth-order valence-electron chi connectivity index (χ4n) is 4.01. The highest BCUT2D eigenvalue weighted by Gasteiger charge is 2.21. The van der Waals surface area contributed by atoms with Gasteiger partial charge in [-0.05, 0) is 55.2 Å². The highest BCUT2D eigenvalue weighted by atomic mass is 16.3. The Kier molecular flexibility index (Phi) is 6.37. The van der Waals surface area contributed by atoms with Crippen molar-refractivity contribution in [2.24, 2.45) is 0 Å². The van der Waals surface area contributed by atoms with E-state index in [4.69, 9.17) is 4.98 Å². The lowest BCUT2D eigenvalue weighted by Crippen LogP contribution is -2.34. The van der Waals surface area contributed by atoms with Crippen molar-refractivity contribution in [3.63, 3.8) is 0 Å². The third kappa shape index (κ3) is 4.43. The molecule has 1 N–H and O–H groups in total. The van der Waals surface area contributed by atoms with Crippen molar-refractivity contribution >= 4 is 11.6 Å². The summed E-state index contributed by atoms with van der Waals surface area (Å²) < 4.78 is 2.03. The number of carbonyl (C=O) groups is 1. The van der Waals surface area contributed by atoms with Crippen LogP contribution in [-0.2, 0) is 17.8 Å². The number of hydrogen-bond donors (Lipinski definition) is 1. The Morgan fingerprint density at radius 1 is 0.969 bits per heavy atom. The fraction of sp³-hybridized carbons (Fsp3) is 0.259. The second-order valence-corrected chi connectivity index (χ2v) is 8.29. The third-order valence-corrected chi connectivity index (χ3v) is 5.98. The first-order valence-electron chi connectivity index (χ1n) is 10.9. The van der Waals surface area contributed by atoms with Gasteiger partial charge < -0.3 is 14.4 Å². The van der Waals surface area contributed by atoms with Gasteiger partial charge >= 0.3 is 0 Å². The maximum atomic E-state index is 13.4. The Morgan fingerprint density at radius 3 is 2.47 bits per heavy atom. The molecule has 2 aromatic heterocycles. The number of pyridine rings is 1. The number of hydrogen-bond acceptors (Lipinski definition) is 3. The van der Waals surface area contributed by atoms with Gasteiger partial charge in [0.1, 0.15) is 5.65 Å². The average Bonchev–Trinajstić information content (AvgIpc) is 3.16. The van der Waals surface area contributed by atoms with Crippen molar-refractivity contribution in [2.45, 2.75) is 33.7 Å². The molecular weight excluding hydrogens is 398 g/mol. The molecule has 0 radical (unpaired) electrons. The molecule has 0 aliphatic rings. The van der Waals surface area contributed by atoms with Crippen molar-refractivity contribution in [1.82, 2.24) is 14.3 Å². The van der Waals surface area contributed by atoms with Crippen LogP contribution in [0, 0.1) is 20.8 Å². The largest absolute Gasteiger partial charge is 0.395 e. The van der Waals surface area contributed by atoms with Gasteiger partial charge in [-0.25, -0.2) is 4.98 Å². The standard InChI is InChI=1S/C27H29N3O2/c1-19-11-12-23(16-21(19)3)26-24(30-13-7-8-20(2)27(30)28-26)17-25(32)29(14-15-31)18-22-9-5-4-6-10-22/h4-13,16,31H,14-15,17-18H2,1-3H3. The lowest BCUT2D eigenvalue weighted by molar-refractivity contribution is -0.131. The Bertz CT molecular complexity index is 1240. The van der Waals surface area contributed by atoms with Gasteiger partial charge in [-0.1, -0.05) is 48.5 Å². The Morgan fingerprint density at radius 2 is 1.75 bits per heavy atom. The predicted octanol–water partition coefficient (Wildman–Crippen LogP) is 4.49. The number of rotatable bonds is 7. The van der Waals surface area contributed by atoms with Gasteiger partial charge in [-0.3, -0.25) is 4.79 Å². The van der Waals surface area contributed by atoms with Crippen molar-refractivity contribution in [1.29, 1.82) is 0 Å². The number of benzene rings is 2. The van der Waals surface area contributed by atoms with Crippen molar-refractivity contribution in [3.8, 4) is 11.3 Å². The molecule has 2 aromatic carbocycles. The van der Waals surface area contributed by atoms with Crippen molar-refractivity contribution < 1.29 is 9.90 Å². The summed E-state index contributed by atoms with van der Waals surface area (Å²) in [5.41, 5.74) is 8.09. The van der Waals surface area contributed by atoms with E-state index >= 15 is 0 Å². The average molecular weight is 428 g/mol. The first-order chi connectivity index (χ1) is 15.5. The molecule has 0 fully saturated rings. The maximum absolute atomic E-state index is 13.4. The van der Waals surface area contributed by atoms with Gasteiger partial charge in [0.05, 0.1) is 24.4 Å². The zero-order chi connectivity index (χ0) is 22.7. The molecule has 0 unspecified atom stereocenters. The van der Waals surface area contributed by atoms with Crippen LogP contribution in [0.1, 0.15) is 27.9 Å². The Balaban J connectivity index is 1.74. The van der Waals surface area contributed by atoms with Crippen LogP contribution >= 0.6 is 0 Å². The summed E-state index contributed by atoms with van der Waals surface area (Å²) in [7, 11) is 0. The normalized spacial score (nSPS) is 11.1. The van der Waals surface area contributed by atoms with Crippen LogP contribution in [0.2, 0.25) is 0 Å². The highest BCUT2D eigenvalue weighted by molar-refractivity contribution is 5.82. The fourth-order valence-corrected chi connectivity index (χ4v) is 4.01. The number of aliphatic hydroxyl groups excluding tert-OH is 1. The van der Waals surface area contributed by atoms with Crippen molar-refractivity contribution in [3.05, 3.63) is 94.8 Å². The smallest absolute Gasteiger partial charge is 0.228 e. The van der Waals surface area contributed by atoms with E-state index in [1.54, 1.807) is 4.90 Å². The molecule has 5 nitrogen and oxygen atoms in total.